The fourth-order valence-electron chi connectivity index (χ4n) is 3.83. The van der Waals surface area contributed by atoms with E-state index in [1.54, 1.807) is 6.07 Å². The summed E-state index contributed by atoms with van der Waals surface area (Å²) in [5, 5.41) is 6.69. The second-order valence-corrected chi connectivity index (χ2v) is 9.58. The van der Waals surface area contributed by atoms with Crippen LogP contribution in [0.5, 0.6) is 11.5 Å². The first-order valence-corrected chi connectivity index (χ1v) is 12.8. The summed E-state index contributed by atoms with van der Waals surface area (Å²) in [7, 11) is 1.31. The van der Waals surface area contributed by atoms with Crippen molar-refractivity contribution in [2.45, 2.75) is 11.8 Å². The average molecular weight is 591 g/mol. The number of nitrogens with one attached hydrogen (secondary N) is 1. The van der Waals surface area contributed by atoms with Crippen molar-refractivity contribution >= 4 is 34.5 Å². The van der Waals surface area contributed by atoms with Crippen LogP contribution in [-0.4, -0.2) is 48.0 Å². The lowest BCUT2D eigenvalue weighted by Gasteiger charge is -2.24. The number of hydrazone groups is 1. The maximum atomic E-state index is 14.6. The van der Waals surface area contributed by atoms with Gasteiger partial charge in [-0.3, -0.25) is 14.4 Å². The molecule has 3 amide bonds. The maximum absolute atomic E-state index is 14.6. The molecule has 1 heterocycles. The molecule has 3 aromatic rings. The van der Waals surface area contributed by atoms with Crippen LogP contribution in [0.3, 0.4) is 0 Å². The molecule has 1 aliphatic heterocycles. The van der Waals surface area contributed by atoms with Crippen LogP contribution in [0.15, 0.2) is 59.7 Å². The van der Waals surface area contributed by atoms with E-state index in [2.05, 4.69) is 10.4 Å². The number of thioether (sulfide) groups is 1. The highest BCUT2D eigenvalue weighted by Crippen LogP contribution is 2.47. The number of ether oxygens (including phenoxy) is 2. The first kappa shape index (κ1) is 29.4. The summed E-state index contributed by atoms with van der Waals surface area (Å²) in [6.07, 6.45) is -0.0566. The molecular weight excluding hydrogens is 568 g/mol. The quantitative estimate of drug-likeness (QED) is 0.346. The van der Waals surface area contributed by atoms with E-state index in [0.29, 0.717) is 17.7 Å². The maximum Gasteiger partial charge on any atom is 0.281 e. The zero-order valence-electron chi connectivity index (χ0n) is 21.3. The van der Waals surface area contributed by atoms with E-state index in [0.717, 1.165) is 16.8 Å². The third-order valence-electron chi connectivity index (χ3n) is 5.70. The molecule has 0 saturated heterocycles. The van der Waals surface area contributed by atoms with E-state index in [1.165, 1.54) is 43.5 Å². The topological polar surface area (TPSA) is 123 Å². The summed E-state index contributed by atoms with van der Waals surface area (Å²) in [6.45, 7) is -0.438. The molecule has 0 aromatic heterocycles. The third kappa shape index (κ3) is 6.77. The van der Waals surface area contributed by atoms with Gasteiger partial charge >= 0.3 is 0 Å². The van der Waals surface area contributed by atoms with Crippen LogP contribution >= 0.6 is 11.8 Å². The van der Waals surface area contributed by atoms with Gasteiger partial charge in [-0.2, -0.15) is 5.10 Å². The number of methoxy groups -OCH3 is 1. The molecule has 3 N–H and O–H groups in total. The first-order valence-electron chi connectivity index (χ1n) is 11.9. The molecule has 4 rings (SSSR count). The molecule has 0 radical (unpaired) electrons. The fraction of sp³-hybridized carbons (Fsp3) is 0.185. The average Bonchev–Trinajstić information content (AvgIpc) is 3.36. The van der Waals surface area contributed by atoms with E-state index >= 15 is 0 Å². The third-order valence-corrected chi connectivity index (χ3v) is 6.91. The van der Waals surface area contributed by atoms with Crippen molar-refractivity contribution in [1.82, 2.24) is 10.3 Å². The lowest BCUT2D eigenvalue weighted by atomic mass is 10.1. The minimum atomic E-state index is -1.42. The number of carbonyl (C=O) groups excluding carboxylic acids is 3. The molecule has 0 aliphatic carbocycles. The Hall–Kier alpha value is -4.59. The molecule has 1 unspecified atom stereocenters. The van der Waals surface area contributed by atoms with Gasteiger partial charge < -0.3 is 20.5 Å². The normalized spacial score (nSPS) is 14.4. The Labute approximate surface area is 235 Å². The van der Waals surface area contributed by atoms with Gasteiger partial charge in [0.15, 0.2) is 18.1 Å². The highest BCUT2D eigenvalue weighted by molar-refractivity contribution is 8.14. The number of benzene rings is 3. The Morgan fingerprint density at radius 2 is 1.71 bits per heavy atom. The summed E-state index contributed by atoms with van der Waals surface area (Å²) >= 11 is 1.00. The molecule has 0 spiro atoms. The Balaban J connectivity index is 1.68. The number of carbonyl (C=O) groups is 3. The van der Waals surface area contributed by atoms with Gasteiger partial charge in [-0.25, -0.2) is 22.6 Å². The van der Waals surface area contributed by atoms with Crippen LogP contribution < -0.4 is 20.5 Å². The van der Waals surface area contributed by atoms with Gasteiger partial charge in [0.25, 0.3) is 11.8 Å². The van der Waals surface area contributed by atoms with E-state index in [4.69, 9.17) is 15.2 Å². The molecule has 0 bridgehead atoms. The summed E-state index contributed by atoms with van der Waals surface area (Å²) in [6, 6.07) is 10.5. The molecule has 1 atom stereocenters. The van der Waals surface area contributed by atoms with Crippen LogP contribution in [-0.2, 0) is 9.59 Å². The Morgan fingerprint density at radius 1 is 1.02 bits per heavy atom. The van der Waals surface area contributed by atoms with Gasteiger partial charge in [-0.05, 0) is 30.3 Å². The molecule has 0 fully saturated rings. The van der Waals surface area contributed by atoms with Gasteiger partial charge in [-0.15, -0.1) is 0 Å². The predicted octanol–water partition coefficient (Wildman–Crippen LogP) is 3.87. The van der Waals surface area contributed by atoms with Crippen molar-refractivity contribution < 1.29 is 41.4 Å². The molecule has 3 aromatic carbocycles. The predicted molar refractivity (Wildman–Crippen MR) is 141 cm³/mol. The second-order valence-electron chi connectivity index (χ2n) is 8.51. The summed E-state index contributed by atoms with van der Waals surface area (Å²) in [4.78, 5) is 36.4. The second kappa shape index (κ2) is 12.7. The van der Waals surface area contributed by atoms with Gasteiger partial charge in [-0.1, -0.05) is 23.9 Å². The zero-order valence-corrected chi connectivity index (χ0v) is 22.1. The van der Waals surface area contributed by atoms with E-state index in [1.807, 2.05) is 0 Å². The molecule has 1 aliphatic rings. The molecule has 0 saturated carbocycles. The lowest BCUT2D eigenvalue weighted by Crippen LogP contribution is -2.32. The van der Waals surface area contributed by atoms with Gasteiger partial charge in [0.1, 0.15) is 39.2 Å². The van der Waals surface area contributed by atoms with Crippen LogP contribution in [0.1, 0.15) is 33.3 Å². The SMILES string of the molecule is COc1c(OCC(=O)NCCC(N)=O)cccc1C1SC(c2ccc(F)cc2)=NN1C(=O)c1c(F)cc(F)cc1F. The number of rotatable bonds is 10. The number of primary amides is 1. The van der Waals surface area contributed by atoms with Crippen molar-refractivity contribution in [3.05, 3.63) is 94.6 Å². The monoisotopic (exact) mass is 590 g/mol. The number of para-hydroxylation sites is 1. The van der Waals surface area contributed by atoms with E-state index < -0.39 is 58.5 Å². The number of nitrogens with two attached hydrogens (primary N) is 1. The standard InChI is InChI=1S/C27H22F4N4O5S/c1-39-24-17(3-2-4-20(24)40-13-22(37)33-10-9-21(32)36)27-35(26(38)23-18(30)11-16(29)12-19(23)31)34-25(41-27)14-5-7-15(28)8-6-14/h2-8,11-12,27H,9-10,13H2,1H3,(H2,32,36)(H,33,37). The van der Waals surface area contributed by atoms with Crippen molar-refractivity contribution in [2.24, 2.45) is 10.8 Å². The fourth-order valence-corrected chi connectivity index (χ4v) is 5.01. The van der Waals surface area contributed by atoms with Crippen LogP contribution in [0.4, 0.5) is 17.6 Å². The van der Waals surface area contributed by atoms with E-state index in [9.17, 15) is 31.9 Å². The number of halogens is 4. The summed E-state index contributed by atoms with van der Waals surface area (Å²) in [5.74, 6) is -6.72. The Bertz CT molecular complexity index is 1500. The summed E-state index contributed by atoms with van der Waals surface area (Å²) in [5.41, 5.74) is 4.72. The molecule has 9 nitrogen and oxygen atoms in total. The van der Waals surface area contributed by atoms with E-state index in [-0.39, 0.29) is 35.1 Å². The Kier molecular flexibility index (Phi) is 9.12. The van der Waals surface area contributed by atoms with Crippen molar-refractivity contribution in [1.29, 1.82) is 0 Å². The van der Waals surface area contributed by atoms with Crippen molar-refractivity contribution in [3.8, 4) is 11.5 Å². The van der Waals surface area contributed by atoms with Gasteiger partial charge in [0, 0.05) is 36.2 Å². The van der Waals surface area contributed by atoms with Crippen molar-refractivity contribution in [3.63, 3.8) is 0 Å². The number of nitrogens with zero attached hydrogens (tertiary/aromatic N) is 2. The summed E-state index contributed by atoms with van der Waals surface area (Å²) < 4.78 is 67.4. The molecule has 14 heteroatoms. The van der Waals surface area contributed by atoms with Gasteiger partial charge in [0.2, 0.25) is 5.91 Å². The minimum absolute atomic E-state index is 0.0183. The molecule has 41 heavy (non-hydrogen) atoms. The minimum Gasteiger partial charge on any atom is -0.492 e. The smallest absolute Gasteiger partial charge is 0.281 e. The highest BCUT2D eigenvalue weighted by Gasteiger charge is 2.39. The lowest BCUT2D eigenvalue weighted by molar-refractivity contribution is -0.123. The van der Waals surface area contributed by atoms with Crippen LogP contribution in [0.2, 0.25) is 0 Å². The number of amides is 3. The zero-order chi connectivity index (χ0) is 29.7. The molecule has 214 valence electrons. The largest absolute Gasteiger partial charge is 0.492 e. The van der Waals surface area contributed by atoms with Crippen molar-refractivity contribution in [2.75, 3.05) is 20.3 Å². The Morgan fingerprint density at radius 3 is 2.34 bits per heavy atom. The number of hydrogen-bond donors (Lipinski definition) is 2. The first-order chi connectivity index (χ1) is 19.6. The number of hydrogen-bond acceptors (Lipinski definition) is 7. The van der Waals surface area contributed by atoms with Crippen LogP contribution in [0.25, 0.3) is 0 Å². The highest BCUT2D eigenvalue weighted by atomic mass is 32.2. The van der Waals surface area contributed by atoms with Gasteiger partial charge in [0.05, 0.1) is 7.11 Å². The molecular formula is C27H22F4N4O5S. The van der Waals surface area contributed by atoms with Crippen LogP contribution in [0, 0.1) is 23.3 Å².